The van der Waals surface area contributed by atoms with Crippen LogP contribution in [0, 0.1) is 11.8 Å². The van der Waals surface area contributed by atoms with E-state index < -0.39 is 5.97 Å². The summed E-state index contributed by atoms with van der Waals surface area (Å²) in [5, 5.41) is 9.06. The first kappa shape index (κ1) is 11.9. The minimum absolute atomic E-state index is 0.176. The lowest BCUT2D eigenvalue weighted by atomic mass is 10.00. The number of carbonyl (C=O) groups is 1. The number of hydrogen-bond donors (Lipinski definition) is 1. The summed E-state index contributed by atoms with van der Waals surface area (Å²) in [6, 6.07) is 0.180. The van der Waals surface area contributed by atoms with Gasteiger partial charge in [0, 0.05) is 19.2 Å². The van der Waals surface area contributed by atoms with E-state index in [1.807, 2.05) is 6.92 Å². The predicted molar refractivity (Wildman–Crippen MR) is 60.3 cm³/mol. The number of ether oxygens (including phenoxy) is 1. The molecule has 16 heavy (non-hydrogen) atoms. The standard InChI is InChI=1S/C12H21NO3/c1-9-11(12(14)15)4-5-13(9)7-10-3-2-6-16-8-10/h9-11H,2-8H2,1H3,(H,14,15). The van der Waals surface area contributed by atoms with Crippen LogP contribution in [-0.4, -0.2) is 48.3 Å². The molecule has 0 aromatic heterocycles. The zero-order chi connectivity index (χ0) is 11.5. The second-order valence-corrected chi connectivity index (χ2v) is 5.05. The maximum absolute atomic E-state index is 11.0. The van der Waals surface area contributed by atoms with E-state index in [2.05, 4.69) is 4.90 Å². The van der Waals surface area contributed by atoms with Gasteiger partial charge in [-0.1, -0.05) is 0 Å². The highest BCUT2D eigenvalue weighted by molar-refractivity contribution is 5.71. The van der Waals surface area contributed by atoms with Crippen molar-refractivity contribution in [3.05, 3.63) is 0 Å². The van der Waals surface area contributed by atoms with Crippen molar-refractivity contribution < 1.29 is 14.6 Å². The molecule has 0 amide bonds. The quantitative estimate of drug-likeness (QED) is 0.787. The third kappa shape index (κ3) is 2.55. The molecule has 2 rings (SSSR count). The zero-order valence-electron chi connectivity index (χ0n) is 9.89. The van der Waals surface area contributed by atoms with E-state index in [1.165, 1.54) is 6.42 Å². The van der Waals surface area contributed by atoms with Crippen molar-refractivity contribution in [3.63, 3.8) is 0 Å². The molecule has 2 aliphatic rings. The van der Waals surface area contributed by atoms with Crippen molar-refractivity contribution in [1.82, 2.24) is 4.90 Å². The van der Waals surface area contributed by atoms with Crippen LogP contribution in [0.5, 0.6) is 0 Å². The molecule has 4 heteroatoms. The minimum Gasteiger partial charge on any atom is -0.481 e. The molecule has 2 saturated heterocycles. The van der Waals surface area contributed by atoms with Crippen molar-refractivity contribution >= 4 is 5.97 Å². The highest BCUT2D eigenvalue weighted by Crippen LogP contribution is 2.26. The molecule has 0 radical (unpaired) electrons. The van der Waals surface area contributed by atoms with Crippen LogP contribution >= 0.6 is 0 Å². The summed E-state index contributed by atoms with van der Waals surface area (Å²) in [6.07, 6.45) is 3.17. The maximum Gasteiger partial charge on any atom is 0.308 e. The van der Waals surface area contributed by atoms with Gasteiger partial charge in [0.2, 0.25) is 0 Å². The van der Waals surface area contributed by atoms with Gasteiger partial charge in [0.15, 0.2) is 0 Å². The Bertz CT molecular complexity index is 251. The van der Waals surface area contributed by atoms with Crippen molar-refractivity contribution in [2.24, 2.45) is 11.8 Å². The number of rotatable bonds is 3. The van der Waals surface area contributed by atoms with Crippen LogP contribution in [0.3, 0.4) is 0 Å². The molecule has 92 valence electrons. The van der Waals surface area contributed by atoms with Crippen LogP contribution in [0.25, 0.3) is 0 Å². The van der Waals surface area contributed by atoms with Gasteiger partial charge in [-0.2, -0.15) is 0 Å². The van der Waals surface area contributed by atoms with E-state index in [9.17, 15) is 4.79 Å². The molecule has 2 fully saturated rings. The van der Waals surface area contributed by atoms with Gasteiger partial charge in [0.25, 0.3) is 0 Å². The number of aliphatic carboxylic acids is 1. The SMILES string of the molecule is CC1C(C(=O)O)CCN1CC1CCCOC1. The Morgan fingerprint density at radius 3 is 2.88 bits per heavy atom. The third-order valence-corrected chi connectivity index (χ3v) is 3.95. The van der Waals surface area contributed by atoms with Gasteiger partial charge in [-0.25, -0.2) is 0 Å². The number of carboxylic acid groups (broad SMARTS) is 1. The molecule has 2 heterocycles. The lowest BCUT2D eigenvalue weighted by molar-refractivity contribution is -0.142. The van der Waals surface area contributed by atoms with Crippen molar-refractivity contribution in [3.8, 4) is 0 Å². The van der Waals surface area contributed by atoms with Crippen LogP contribution in [-0.2, 0) is 9.53 Å². The average Bonchev–Trinajstić information content (AvgIpc) is 2.62. The summed E-state index contributed by atoms with van der Waals surface area (Å²) < 4.78 is 5.46. The fourth-order valence-corrected chi connectivity index (χ4v) is 2.87. The van der Waals surface area contributed by atoms with Gasteiger partial charge < -0.3 is 9.84 Å². The Labute approximate surface area is 96.6 Å². The van der Waals surface area contributed by atoms with E-state index in [0.717, 1.165) is 39.1 Å². The molecule has 4 nitrogen and oxygen atoms in total. The molecule has 0 saturated carbocycles. The lowest BCUT2D eigenvalue weighted by Crippen LogP contribution is -2.38. The summed E-state index contributed by atoms with van der Waals surface area (Å²) >= 11 is 0. The van der Waals surface area contributed by atoms with Crippen molar-refractivity contribution in [2.45, 2.75) is 32.2 Å². The van der Waals surface area contributed by atoms with E-state index in [-0.39, 0.29) is 12.0 Å². The molecule has 0 spiro atoms. The summed E-state index contributed by atoms with van der Waals surface area (Å²) in [6.45, 7) is 5.71. The van der Waals surface area contributed by atoms with E-state index in [4.69, 9.17) is 9.84 Å². The largest absolute Gasteiger partial charge is 0.481 e. The third-order valence-electron chi connectivity index (χ3n) is 3.95. The number of hydrogen-bond acceptors (Lipinski definition) is 3. The Balaban J connectivity index is 1.84. The first-order chi connectivity index (χ1) is 7.68. The first-order valence-corrected chi connectivity index (χ1v) is 6.23. The number of carboxylic acids is 1. The highest BCUT2D eigenvalue weighted by atomic mass is 16.5. The van der Waals surface area contributed by atoms with Gasteiger partial charge in [0.05, 0.1) is 12.5 Å². The Hall–Kier alpha value is -0.610. The zero-order valence-corrected chi connectivity index (χ0v) is 9.89. The van der Waals surface area contributed by atoms with Crippen LogP contribution in [0.15, 0.2) is 0 Å². The predicted octanol–water partition coefficient (Wildman–Crippen LogP) is 1.21. The lowest BCUT2D eigenvalue weighted by Gasteiger charge is -2.30. The Morgan fingerprint density at radius 1 is 1.50 bits per heavy atom. The second-order valence-electron chi connectivity index (χ2n) is 5.05. The maximum atomic E-state index is 11.0. The van der Waals surface area contributed by atoms with Crippen LogP contribution < -0.4 is 0 Å². The van der Waals surface area contributed by atoms with Gasteiger partial charge in [-0.05, 0) is 38.6 Å². The van der Waals surface area contributed by atoms with Gasteiger partial charge in [0.1, 0.15) is 0 Å². The topological polar surface area (TPSA) is 49.8 Å². The summed E-state index contributed by atoms with van der Waals surface area (Å²) in [5.74, 6) is -0.219. The molecule has 1 N–H and O–H groups in total. The van der Waals surface area contributed by atoms with Crippen molar-refractivity contribution in [1.29, 1.82) is 0 Å². The molecule has 0 aromatic rings. The first-order valence-electron chi connectivity index (χ1n) is 6.23. The Morgan fingerprint density at radius 2 is 2.31 bits per heavy atom. The van der Waals surface area contributed by atoms with E-state index in [0.29, 0.717) is 5.92 Å². The normalized spacial score (nSPS) is 36.4. The van der Waals surface area contributed by atoms with Crippen LogP contribution in [0.2, 0.25) is 0 Å². The molecule has 2 aliphatic heterocycles. The van der Waals surface area contributed by atoms with Gasteiger partial charge in [-0.15, -0.1) is 0 Å². The van der Waals surface area contributed by atoms with Crippen LogP contribution in [0.4, 0.5) is 0 Å². The van der Waals surface area contributed by atoms with Crippen molar-refractivity contribution in [2.75, 3.05) is 26.3 Å². The summed E-state index contributed by atoms with van der Waals surface area (Å²) in [5.41, 5.74) is 0. The van der Waals surface area contributed by atoms with E-state index in [1.54, 1.807) is 0 Å². The van der Waals surface area contributed by atoms with E-state index >= 15 is 0 Å². The average molecular weight is 227 g/mol. The van der Waals surface area contributed by atoms with Gasteiger partial charge >= 0.3 is 5.97 Å². The molecular formula is C12H21NO3. The molecular weight excluding hydrogens is 206 g/mol. The summed E-state index contributed by atoms with van der Waals surface area (Å²) in [7, 11) is 0. The molecule has 3 atom stereocenters. The summed E-state index contributed by atoms with van der Waals surface area (Å²) in [4.78, 5) is 13.3. The number of nitrogens with zero attached hydrogens (tertiary/aromatic N) is 1. The highest BCUT2D eigenvalue weighted by Gasteiger charge is 2.36. The smallest absolute Gasteiger partial charge is 0.308 e. The fraction of sp³-hybridized carbons (Fsp3) is 0.917. The molecule has 0 aliphatic carbocycles. The molecule has 0 aromatic carbocycles. The fourth-order valence-electron chi connectivity index (χ4n) is 2.87. The minimum atomic E-state index is -0.644. The van der Waals surface area contributed by atoms with Gasteiger partial charge in [-0.3, -0.25) is 9.69 Å². The second kappa shape index (κ2) is 5.15. The monoisotopic (exact) mass is 227 g/mol. The molecule has 0 bridgehead atoms. The van der Waals surface area contributed by atoms with Crippen LogP contribution in [0.1, 0.15) is 26.2 Å². The Kier molecular flexibility index (Phi) is 3.82. The number of likely N-dealkylation sites (tertiary alicyclic amines) is 1. The molecule has 3 unspecified atom stereocenters.